The molecule has 0 bridgehead atoms. The molecule has 0 N–H and O–H groups in total. The van der Waals surface area contributed by atoms with E-state index < -0.39 is 0 Å². The first-order valence-electron chi connectivity index (χ1n) is 17.5. The minimum absolute atomic E-state index is 0.625. The second-order valence-corrected chi connectivity index (χ2v) is 12.9. The number of benzene rings is 7. The van der Waals surface area contributed by atoms with Crippen LogP contribution in [0.4, 0.5) is 0 Å². The van der Waals surface area contributed by atoms with Crippen molar-refractivity contribution in [3.8, 4) is 62.2 Å². The van der Waals surface area contributed by atoms with Crippen LogP contribution in [0.3, 0.4) is 0 Å². The molecule has 7 aromatic carbocycles. The van der Waals surface area contributed by atoms with Crippen molar-refractivity contribution in [1.82, 2.24) is 34.9 Å². The highest BCUT2D eigenvalue weighted by molar-refractivity contribution is 6.20. The number of pyridine rings is 1. The molecule has 0 saturated heterocycles. The highest BCUT2D eigenvalue weighted by atomic mass is 15.5. The van der Waals surface area contributed by atoms with Crippen molar-refractivity contribution in [3.05, 3.63) is 176 Å². The molecule has 53 heavy (non-hydrogen) atoms. The third-order valence-corrected chi connectivity index (χ3v) is 9.51. The van der Waals surface area contributed by atoms with Gasteiger partial charge in [-0.1, -0.05) is 140 Å². The SMILES string of the molecule is c1ccc(-c2nc(-c3ccccc3)nc(-c3ccc(-c4cccc(-c5nc6ccccc6c6c5ccc5nn(-c7ccccc7)nc56)c4)cc3)n2)cc1. The van der Waals surface area contributed by atoms with E-state index in [0.29, 0.717) is 17.5 Å². The lowest BCUT2D eigenvalue weighted by molar-refractivity contribution is 0.766. The Morgan fingerprint density at radius 2 is 0.887 bits per heavy atom. The van der Waals surface area contributed by atoms with Crippen molar-refractivity contribution >= 4 is 32.7 Å². The van der Waals surface area contributed by atoms with Crippen LogP contribution < -0.4 is 0 Å². The van der Waals surface area contributed by atoms with Crippen LogP contribution in [0.1, 0.15) is 0 Å². The van der Waals surface area contributed by atoms with Crippen LogP contribution in [-0.4, -0.2) is 34.9 Å². The summed E-state index contributed by atoms with van der Waals surface area (Å²) in [6.07, 6.45) is 0. The van der Waals surface area contributed by atoms with E-state index in [1.165, 1.54) is 0 Å². The Kier molecular flexibility index (Phi) is 7.32. The second-order valence-electron chi connectivity index (χ2n) is 12.9. The van der Waals surface area contributed by atoms with E-state index >= 15 is 0 Å². The van der Waals surface area contributed by atoms with E-state index in [-0.39, 0.29) is 0 Å². The molecule has 3 aromatic heterocycles. The molecule has 0 atom stereocenters. The van der Waals surface area contributed by atoms with Gasteiger partial charge >= 0.3 is 0 Å². The number of fused-ring (bicyclic) bond motifs is 5. The highest BCUT2D eigenvalue weighted by Gasteiger charge is 2.17. The largest absolute Gasteiger partial charge is 0.247 e. The van der Waals surface area contributed by atoms with Gasteiger partial charge in [0.05, 0.1) is 16.9 Å². The maximum atomic E-state index is 5.22. The van der Waals surface area contributed by atoms with Crippen molar-refractivity contribution in [2.24, 2.45) is 0 Å². The Labute approximate surface area is 304 Å². The predicted molar refractivity (Wildman–Crippen MR) is 212 cm³/mol. The lowest BCUT2D eigenvalue weighted by Crippen LogP contribution is -2.00. The minimum Gasteiger partial charge on any atom is -0.247 e. The molecular formula is C46H29N7. The number of rotatable bonds is 6. The lowest BCUT2D eigenvalue weighted by Gasteiger charge is -2.12. The zero-order chi connectivity index (χ0) is 35.1. The van der Waals surface area contributed by atoms with Crippen molar-refractivity contribution < 1.29 is 0 Å². The zero-order valence-electron chi connectivity index (χ0n) is 28.4. The highest BCUT2D eigenvalue weighted by Crippen LogP contribution is 2.37. The van der Waals surface area contributed by atoms with E-state index in [0.717, 1.165) is 77.5 Å². The number of para-hydroxylation sites is 2. The Morgan fingerprint density at radius 3 is 1.57 bits per heavy atom. The predicted octanol–water partition coefficient (Wildman–Crippen LogP) is 10.6. The number of nitrogens with zero attached hydrogens (tertiary/aromatic N) is 7. The van der Waals surface area contributed by atoms with Crippen LogP contribution in [-0.2, 0) is 0 Å². The molecule has 10 rings (SSSR count). The Bertz CT molecular complexity index is 2870. The van der Waals surface area contributed by atoms with Gasteiger partial charge in [0.2, 0.25) is 0 Å². The van der Waals surface area contributed by atoms with Crippen molar-refractivity contribution in [2.75, 3.05) is 0 Å². The summed E-state index contributed by atoms with van der Waals surface area (Å²) in [7, 11) is 0. The van der Waals surface area contributed by atoms with Crippen molar-refractivity contribution in [2.45, 2.75) is 0 Å². The first-order valence-corrected chi connectivity index (χ1v) is 17.5. The van der Waals surface area contributed by atoms with Gasteiger partial charge < -0.3 is 0 Å². The zero-order valence-corrected chi connectivity index (χ0v) is 28.4. The number of hydrogen-bond donors (Lipinski definition) is 0. The molecule has 0 fully saturated rings. The van der Waals surface area contributed by atoms with Crippen LogP contribution in [0.25, 0.3) is 94.9 Å². The smallest absolute Gasteiger partial charge is 0.164 e. The van der Waals surface area contributed by atoms with E-state index in [9.17, 15) is 0 Å². The molecule has 0 spiro atoms. The monoisotopic (exact) mass is 679 g/mol. The summed E-state index contributed by atoms with van der Waals surface area (Å²) in [4.78, 5) is 21.6. The van der Waals surface area contributed by atoms with Gasteiger partial charge in [0.1, 0.15) is 11.0 Å². The summed E-state index contributed by atoms with van der Waals surface area (Å²) < 4.78 is 0. The van der Waals surface area contributed by atoms with Crippen molar-refractivity contribution in [3.63, 3.8) is 0 Å². The minimum atomic E-state index is 0.625. The van der Waals surface area contributed by atoms with Gasteiger partial charge in [0.25, 0.3) is 0 Å². The number of aromatic nitrogens is 7. The Hall–Kier alpha value is -7.38. The molecule has 0 radical (unpaired) electrons. The molecule has 0 aliphatic heterocycles. The van der Waals surface area contributed by atoms with Gasteiger partial charge in [-0.2, -0.15) is 4.80 Å². The molecule has 7 nitrogen and oxygen atoms in total. The summed E-state index contributed by atoms with van der Waals surface area (Å²) in [5.41, 5.74) is 10.4. The third-order valence-electron chi connectivity index (χ3n) is 9.51. The quantitative estimate of drug-likeness (QED) is 0.163. The normalized spacial score (nSPS) is 11.4. The molecular weight excluding hydrogens is 651 g/mol. The molecule has 10 aromatic rings. The van der Waals surface area contributed by atoms with E-state index in [1.807, 2.05) is 103 Å². The fraction of sp³-hybridized carbons (Fsp3) is 0. The summed E-state index contributed by atoms with van der Waals surface area (Å²) in [5.74, 6) is 1.91. The third kappa shape index (κ3) is 5.57. The Morgan fingerprint density at radius 1 is 0.340 bits per heavy atom. The fourth-order valence-corrected chi connectivity index (χ4v) is 6.91. The fourth-order valence-electron chi connectivity index (χ4n) is 6.91. The summed E-state index contributed by atoms with van der Waals surface area (Å²) in [6.45, 7) is 0. The standard InChI is InChI=1S/C46H29N7/c1-4-13-31(14-5-1)44-48-45(32-15-6-2-7-16-32)50-46(49-44)33-25-23-30(24-26-33)34-17-12-18-35(29-34)42-38-27-28-40-43(41(38)37-21-10-11-22-39(37)47-42)52-53(51-40)36-19-8-3-9-20-36/h1-29H. The second kappa shape index (κ2) is 12.7. The summed E-state index contributed by atoms with van der Waals surface area (Å²) in [6, 6.07) is 59.5. The van der Waals surface area contributed by atoms with E-state index in [2.05, 4.69) is 72.8 Å². The van der Waals surface area contributed by atoms with Gasteiger partial charge in [0, 0.05) is 38.4 Å². The Balaban J connectivity index is 1.06. The van der Waals surface area contributed by atoms with Gasteiger partial charge in [0.15, 0.2) is 17.5 Å². The van der Waals surface area contributed by atoms with Gasteiger partial charge in [-0.25, -0.2) is 19.9 Å². The molecule has 0 aliphatic rings. The van der Waals surface area contributed by atoms with Crippen LogP contribution in [0.5, 0.6) is 0 Å². The average molecular weight is 680 g/mol. The molecule has 248 valence electrons. The molecule has 0 amide bonds. The summed E-state index contributed by atoms with van der Waals surface area (Å²) in [5, 5.41) is 13.0. The maximum Gasteiger partial charge on any atom is 0.164 e. The van der Waals surface area contributed by atoms with Crippen LogP contribution in [0.2, 0.25) is 0 Å². The van der Waals surface area contributed by atoms with E-state index in [1.54, 1.807) is 4.80 Å². The van der Waals surface area contributed by atoms with Gasteiger partial charge in [-0.05, 0) is 47.5 Å². The lowest BCUT2D eigenvalue weighted by atomic mass is 9.96. The number of hydrogen-bond acceptors (Lipinski definition) is 6. The van der Waals surface area contributed by atoms with Gasteiger partial charge in [-0.3, -0.25) is 0 Å². The van der Waals surface area contributed by atoms with Gasteiger partial charge in [-0.15, -0.1) is 10.2 Å². The molecule has 7 heteroatoms. The molecule has 3 heterocycles. The first-order chi connectivity index (χ1) is 26.2. The van der Waals surface area contributed by atoms with Crippen molar-refractivity contribution in [1.29, 1.82) is 0 Å². The van der Waals surface area contributed by atoms with Crippen LogP contribution >= 0.6 is 0 Å². The summed E-state index contributed by atoms with van der Waals surface area (Å²) >= 11 is 0. The van der Waals surface area contributed by atoms with E-state index in [4.69, 9.17) is 30.1 Å². The van der Waals surface area contributed by atoms with Crippen LogP contribution in [0, 0.1) is 0 Å². The average Bonchev–Trinajstić information content (AvgIpc) is 3.69. The molecule has 0 aliphatic carbocycles. The first kappa shape index (κ1) is 30.4. The molecule has 0 saturated carbocycles. The van der Waals surface area contributed by atoms with Crippen LogP contribution in [0.15, 0.2) is 176 Å². The maximum absolute atomic E-state index is 5.22. The topological polar surface area (TPSA) is 82.3 Å². The molecule has 0 unspecified atom stereocenters.